The van der Waals surface area contributed by atoms with Gasteiger partial charge in [0.1, 0.15) is 0 Å². The van der Waals surface area contributed by atoms with Crippen LogP contribution in [0, 0.1) is 0 Å². The van der Waals surface area contributed by atoms with Crippen molar-refractivity contribution in [1.82, 2.24) is 19.9 Å². The Bertz CT molecular complexity index is 927. The van der Waals surface area contributed by atoms with Gasteiger partial charge in [0.25, 0.3) is 0 Å². The first-order valence-electron chi connectivity index (χ1n) is 8.61. The number of nitrogens with zero attached hydrogens (tertiary/aromatic N) is 3. The minimum absolute atomic E-state index is 0.0858. The smallest absolute Gasteiger partial charge is 0.231 e. The number of hydrogen-bond acceptors (Lipinski definition) is 4. The highest BCUT2D eigenvalue weighted by Crippen LogP contribution is 2.28. The van der Waals surface area contributed by atoms with Gasteiger partial charge in [0.05, 0.1) is 11.0 Å². The summed E-state index contributed by atoms with van der Waals surface area (Å²) >= 11 is 0. The molecule has 1 aliphatic rings. The summed E-state index contributed by atoms with van der Waals surface area (Å²) in [5, 5.41) is 3.32. The minimum Gasteiger partial charge on any atom is -0.313 e. The number of pyridine rings is 2. The van der Waals surface area contributed by atoms with Crippen LogP contribution < -0.4 is 5.32 Å². The first kappa shape index (κ1) is 15.7. The molecule has 4 heterocycles. The van der Waals surface area contributed by atoms with E-state index in [1.54, 1.807) is 17.0 Å². The fraction of sp³-hybridized carbons (Fsp3) is 0.250. The van der Waals surface area contributed by atoms with Gasteiger partial charge in [0, 0.05) is 43.3 Å². The van der Waals surface area contributed by atoms with Crippen LogP contribution in [0.15, 0.2) is 55.1 Å². The molecule has 0 aromatic carbocycles. The van der Waals surface area contributed by atoms with E-state index >= 15 is 0 Å². The molecule has 0 unspecified atom stereocenters. The van der Waals surface area contributed by atoms with E-state index in [9.17, 15) is 4.79 Å². The lowest BCUT2D eigenvalue weighted by Gasteiger charge is -2.12. The van der Waals surface area contributed by atoms with Crippen molar-refractivity contribution in [2.75, 3.05) is 13.1 Å². The SMILES string of the molecule is O=C(CCc1cccnc1)n1cc(C2=CCNCC2)c2ncccc21. The summed E-state index contributed by atoms with van der Waals surface area (Å²) in [5.41, 5.74) is 5.21. The van der Waals surface area contributed by atoms with Crippen LogP contribution in [0.3, 0.4) is 0 Å². The van der Waals surface area contributed by atoms with Gasteiger partial charge in [-0.1, -0.05) is 12.1 Å². The molecule has 126 valence electrons. The summed E-state index contributed by atoms with van der Waals surface area (Å²) in [4.78, 5) is 21.5. The summed E-state index contributed by atoms with van der Waals surface area (Å²) in [6, 6.07) is 7.75. The first-order valence-corrected chi connectivity index (χ1v) is 8.61. The van der Waals surface area contributed by atoms with Gasteiger partial charge >= 0.3 is 0 Å². The molecule has 0 spiro atoms. The fourth-order valence-corrected chi connectivity index (χ4v) is 3.28. The van der Waals surface area contributed by atoms with Crippen LogP contribution in [-0.2, 0) is 6.42 Å². The Morgan fingerprint density at radius 3 is 2.96 bits per heavy atom. The van der Waals surface area contributed by atoms with Crippen LogP contribution in [0.1, 0.15) is 28.8 Å². The van der Waals surface area contributed by atoms with Crippen molar-refractivity contribution >= 4 is 22.5 Å². The number of hydrogen-bond donors (Lipinski definition) is 1. The van der Waals surface area contributed by atoms with E-state index in [0.717, 1.165) is 41.7 Å². The van der Waals surface area contributed by atoms with Gasteiger partial charge < -0.3 is 5.32 Å². The Labute approximate surface area is 146 Å². The molecule has 0 saturated heterocycles. The van der Waals surface area contributed by atoms with Crippen molar-refractivity contribution in [3.63, 3.8) is 0 Å². The summed E-state index contributed by atoms with van der Waals surface area (Å²) in [6.45, 7) is 1.82. The average molecular weight is 332 g/mol. The highest BCUT2D eigenvalue weighted by atomic mass is 16.2. The van der Waals surface area contributed by atoms with Gasteiger partial charge in [-0.15, -0.1) is 0 Å². The predicted molar refractivity (Wildman–Crippen MR) is 98.4 cm³/mol. The molecule has 3 aromatic rings. The number of fused-ring (bicyclic) bond motifs is 1. The Hall–Kier alpha value is -2.79. The molecule has 0 bridgehead atoms. The molecule has 25 heavy (non-hydrogen) atoms. The van der Waals surface area contributed by atoms with E-state index in [1.165, 1.54) is 5.57 Å². The third-order valence-corrected chi connectivity index (χ3v) is 4.59. The van der Waals surface area contributed by atoms with Gasteiger partial charge in [-0.3, -0.25) is 19.3 Å². The summed E-state index contributed by atoms with van der Waals surface area (Å²) in [7, 11) is 0. The van der Waals surface area contributed by atoms with Crippen molar-refractivity contribution < 1.29 is 4.79 Å². The van der Waals surface area contributed by atoms with Gasteiger partial charge in [0.2, 0.25) is 5.91 Å². The summed E-state index contributed by atoms with van der Waals surface area (Å²) < 4.78 is 1.76. The zero-order valence-corrected chi connectivity index (χ0v) is 14.0. The third kappa shape index (κ3) is 3.23. The molecule has 0 radical (unpaired) electrons. The van der Waals surface area contributed by atoms with Crippen LogP contribution in [0.25, 0.3) is 16.6 Å². The molecule has 0 fully saturated rings. The molecule has 0 atom stereocenters. The van der Waals surface area contributed by atoms with E-state index in [0.29, 0.717) is 12.8 Å². The normalized spacial score (nSPS) is 14.5. The molecule has 5 heteroatoms. The highest BCUT2D eigenvalue weighted by molar-refractivity contribution is 5.97. The van der Waals surface area contributed by atoms with Crippen molar-refractivity contribution in [3.8, 4) is 0 Å². The maximum Gasteiger partial charge on any atom is 0.231 e. The highest BCUT2D eigenvalue weighted by Gasteiger charge is 2.17. The number of aryl methyl sites for hydroxylation is 1. The summed E-state index contributed by atoms with van der Waals surface area (Å²) in [6.07, 6.45) is 11.6. The maximum absolute atomic E-state index is 12.8. The molecule has 1 aliphatic heterocycles. The Kier molecular flexibility index (Phi) is 4.39. The standard InChI is InChI=1S/C20H20N4O/c25-19(6-5-15-3-1-9-22-13-15)24-14-17(16-7-11-21-12-8-16)20-18(24)4-2-10-23-20/h1-4,7,9-10,13-14,21H,5-6,8,11-12H2. The Morgan fingerprint density at radius 1 is 1.24 bits per heavy atom. The predicted octanol–water partition coefficient (Wildman–Crippen LogP) is 3.08. The van der Waals surface area contributed by atoms with Crippen LogP contribution in [0.5, 0.6) is 0 Å². The molecule has 1 N–H and O–H groups in total. The fourth-order valence-electron chi connectivity index (χ4n) is 3.28. The number of carbonyl (C=O) groups excluding carboxylic acids is 1. The maximum atomic E-state index is 12.8. The Balaban J connectivity index is 1.65. The van der Waals surface area contributed by atoms with Crippen LogP contribution in [-0.4, -0.2) is 33.5 Å². The zero-order valence-electron chi connectivity index (χ0n) is 14.0. The molecule has 0 amide bonds. The van der Waals surface area contributed by atoms with E-state index < -0.39 is 0 Å². The second kappa shape index (κ2) is 6.99. The van der Waals surface area contributed by atoms with Crippen molar-refractivity contribution in [2.45, 2.75) is 19.3 Å². The lowest BCUT2D eigenvalue weighted by Crippen LogP contribution is -2.20. The second-order valence-electron chi connectivity index (χ2n) is 6.22. The van der Waals surface area contributed by atoms with Crippen molar-refractivity contribution in [1.29, 1.82) is 0 Å². The third-order valence-electron chi connectivity index (χ3n) is 4.59. The minimum atomic E-state index is 0.0858. The molecular formula is C20H20N4O. The molecular weight excluding hydrogens is 312 g/mol. The lowest BCUT2D eigenvalue weighted by atomic mass is 10.0. The molecule has 4 rings (SSSR count). The van der Waals surface area contributed by atoms with Gasteiger partial charge in [0.15, 0.2) is 0 Å². The molecule has 0 aliphatic carbocycles. The quantitative estimate of drug-likeness (QED) is 0.797. The van der Waals surface area contributed by atoms with Gasteiger partial charge in [-0.2, -0.15) is 0 Å². The average Bonchev–Trinajstić information content (AvgIpc) is 3.07. The van der Waals surface area contributed by atoms with E-state index in [-0.39, 0.29) is 5.91 Å². The Morgan fingerprint density at radius 2 is 2.16 bits per heavy atom. The van der Waals surface area contributed by atoms with Crippen LogP contribution in [0.2, 0.25) is 0 Å². The van der Waals surface area contributed by atoms with E-state index in [4.69, 9.17) is 0 Å². The molecule has 3 aromatic heterocycles. The lowest BCUT2D eigenvalue weighted by molar-refractivity contribution is 0.0908. The van der Waals surface area contributed by atoms with Gasteiger partial charge in [-0.05, 0) is 48.7 Å². The largest absolute Gasteiger partial charge is 0.313 e. The number of nitrogens with one attached hydrogen (secondary N) is 1. The monoisotopic (exact) mass is 332 g/mol. The van der Waals surface area contributed by atoms with Crippen molar-refractivity contribution in [2.24, 2.45) is 0 Å². The van der Waals surface area contributed by atoms with Crippen LogP contribution >= 0.6 is 0 Å². The number of carbonyl (C=O) groups is 1. The zero-order chi connectivity index (χ0) is 17.1. The number of aromatic nitrogens is 3. The summed E-state index contributed by atoms with van der Waals surface area (Å²) in [5.74, 6) is 0.0858. The van der Waals surface area contributed by atoms with Gasteiger partial charge in [-0.25, -0.2) is 0 Å². The number of rotatable bonds is 4. The van der Waals surface area contributed by atoms with Crippen molar-refractivity contribution in [3.05, 3.63) is 66.3 Å². The first-order chi connectivity index (χ1) is 12.3. The second-order valence-corrected chi connectivity index (χ2v) is 6.22. The molecule has 5 nitrogen and oxygen atoms in total. The topological polar surface area (TPSA) is 59.8 Å². The molecule has 0 saturated carbocycles. The van der Waals surface area contributed by atoms with Crippen LogP contribution in [0.4, 0.5) is 0 Å². The van der Waals surface area contributed by atoms with E-state index in [2.05, 4.69) is 21.4 Å². The van der Waals surface area contributed by atoms with E-state index in [1.807, 2.05) is 36.7 Å².